The summed E-state index contributed by atoms with van der Waals surface area (Å²) >= 11 is 0. The summed E-state index contributed by atoms with van der Waals surface area (Å²) in [4.78, 5) is 16.1. The first-order chi connectivity index (χ1) is 13.2. The smallest absolute Gasteiger partial charge is 0.258 e. The van der Waals surface area contributed by atoms with Crippen LogP contribution in [0.2, 0.25) is 0 Å². The van der Waals surface area contributed by atoms with Gasteiger partial charge in [-0.15, -0.1) is 0 Å². The van der Waals surface area contributed by atoms with E-state index in [1.165, 1.54) is 0 Å². The molecule has 0 spiro atoms. The summed E-state index contributed by atoms with van der Waals surface area (Å²) in [5.74, 6) is 1.49. The fraction of sp³-hybridized carbons (Fsp3) is 0.200. The second kappa shape index (κ2) is 8.75. The zero-order valence-electron chi connectivity index (χ0n) is 15.2. The minimum absolute atomic E-state index is 0.0938. The molecule has 1 N–H and O–H groups in total. The molecular formula is C20H21N3O4. The van der Waals surface area contributed by atoms with Crippen LogP contribution in [-0.2, 0) is 11.3 Å². The van der Waals surface area contributed by atoms with Crippen LogP contribution in [0.1, 0.15) is 5.56 Å². The Morgan fingerprint density at radius 1 is 1.04 bits per heavy atom. The average Bonchev–Trinajstić information content (AvgIpc) is 3.25. The van der Waals surface area contributed by atoms with Gasteiger partial charge >= 0.3 is 0 Å². The number of rotatable bonds is 8. The van der Waals surface area contributed by atoms with Crippen molar-refractivity contribution >= 4 is 5.91 Å². The molecule has 7 heteroatoms. The van der Waals surface area contributed by atoms with Crippen molar-refractivity contribution < 1.29 is 19.0 Å². The molecule has 0 fully saturated rings. The average molecular weight is 367 g/mol. The van der Waals surface area contributed by atoms with Crippen LogP contribution in [0.15, 0.2) is 61.2 Å². The third kappa shape index (κ3) is 5.01. The fourth-order valence-electron chi connectivity index (χ4n) is 2.46. The van der Waals surface area contributed by atoms with Crippen LogP contribution >= 0.6 is 0 Å². The van der Waals surface area contributed by atoms with Crippen molar-refractivity contribution in [3.63, 3.8) is 0 Å². The monoisotopic (exact) mass is 367 g/mol. The van der Waals surface area contributed by atoms with Crippen molar-refractivity contribution in [2.75, 3.05) is 20.8 Å². The van der Waals surface area contributed by atoms with Gasteiger partial charge in [-0.2, -0.15) is 0 Å². The largest absolute Gasteiger partial charge is 0.496 e. The quantitative estimate of drug-likeness (QED) is 0.662. The zero-order valence-corrected chi connectivity index (χ0v) is 15.2. The van der Waals surface area contributed by atoms with E-state index >= 15 is 0 Å². The first-order valence-corrected chi connectivity index (χ1v) is 8.38. The van der Waals surface area contributed by atoms with Gasteiger partial charge < -0.3 is 24.1 Å². The van der Waals surface area contributed by atoms with E-state index in [0.717, 1.165) is 11.3 Å². The predicted molar refractivity (Wildman–Crippen MR) is 100 cm³/mol. The standard InChI is InChI=1S/C20H21N3O4/c1-25-17-9-18(26-2)11-19(10-17)27-13-20(24)22-12-15-3-5-16(6-4-15)23-8-7-21-14-23/h3-11,14H,12-13H2,1-2H3,(H,22,24). The van der Waals surface area contributed by atoms with Crippen molar-refractivity contribution in [1.82, 2.24) is 14.9 Å². The Balaban J connectivity index is 1.50. The molecule has 1 amide bonds. The highest BCUT2D eigenvalue weighted by Crippen LogP contribution is 2.27. The Hall–Kier alpha value is -3.48. The number of nitrogens with one attached hydrogen (secondary N) is 1. The van der Waals surface area contributed by atoms with Crippen LogP contribution in [0.25, 0.3) is 5.69 Å². The Kier molecular flexibility index (Phi) is 5.94. The Morgan fingerprint density at radius 3 is 2.30 bits per heavy atom. The van der Waals surface area contributed by atoms with E-state index in [4.69, 9.17) is 14.2 Å². The summed E-state index contributed by atoms with van der Waals surface area (Å²) in [5.41, 5.74) is 2.01. The van der Waals surface area contributed by atoms with Crippen LogP contribution in [0, 0.1) is 0 Å². The molecule has 140 valence electrons. The predicted octanol–water partition coefficient (Wildman–Crippen LogP) is 2.58. The molecule has 0 aliphatic carbocycles. The van der Waals surface area contributed by atoms with E-state index in [2.05, 4.69) is 10.3 Å². The number of carbonyl (C=O) groups is 1. The van der Waals surface area contributed by atoms with Crippen LogP contribution in [-0.4, -0.2) is 36.3 Å². The molecule has 0 saturated heterocycles. The maximum absolute atomic E-state index is 12.0. The Bertz CT molecular complexity index is 855. The number of benzene rings is 2. The molecular weight excluding hydrogens is 346 g/mol. The molecule has 0 bridgehead atoms. The highest BCUT2D eigenvalue weighted by atomic mass is 16.5. The lowest BCUT2D eigenvalue weighted by Crippen LogP contribution is -2.28. The first kappa shape index (κ1) is 18.3. The minimum atomic E-state index is -0.213. The number of carbonyl (C=O) groups excluding carboxylic acids is 1. The molecule has 1 aromatic heterocycles. The van der Waals surface area contributed by atoms with Gasteiger partial charge in [0.15, 0.2) is 6.61 Å². The van der Waals surface area contributed by atoms with Crippen LogP contribution < -0.4 is 19.5 Å². The number of nitrogens with zero attached hydrogens (tertiary/aromatic N) is 2. The molecule has 7 nitrogen and oxygen atoms in total. The van der Waals surface area contributed by atoms with Gasteiger partial charge in [-0.25, -0.2) is 4.98 Å². The minimum Gasteiger partial charge on any atom is -0.496 e. The molecule has 0 saturated carbocycles. The van der Waals surface area contributed by atoms with Gasteiger partial charge in [-0.3, -0.25) is 4.79 Å². The van der Waals surface area contributed by atoms with E-state index in [0.29, 0.717) is 23.8 Å². The molecule has 0 aliphatic heterocycles. The summed E-state index contributed by atoms with van der Waals surface area (Å²) in [6.45, 7) is 0.331. The van der Waals surface area contributed by atoms with E-state index in [1.54, 1.807) is 44.9 Å². The van der Waals surface area contributed by atoms with Gasteiger partial charge in [0.25, 0.3) is 5.91 Å². The van der Waals surface area contributed by atoms with Crippen molar-refractivity contribution in [3.05, 3.63) is 66.7 Å². The van der Waals surface area contributed by atoms with Crippen LogP contribution in [0.5, 0.6) is 17.2 Å². The SMILES string of the molecule is COc1cc(OC)cc(OCC(=O)NCc2ccc(-n3ccnc3)cc2)c1. The van der Waals surface area contributed by atoms with E-state index in [-0.39, 0.29) is 12.5 Å². The second-order valence-corrected chi connectivity index (χ2v) is 5.75. The van der Waals surface area contributed by atoms with Crippen LogP contribution in [0.4, 0.5) is 0 Å². The highest BCUT2D eigenvalue weighted by Gasteiger charge is 2.07. The number of amides is 1. The van der Waals surface area contributed by atoms with Crippen molar-refractivity contribution in [1.29, 1.82) is 0 Å². The van der Waals surface area contributed by atoms with Gasteiger partial charge in [0, 0.05) is 42.8 Å². The number of methoxy groups -OCH3 is 2. The Morgan fingerprint density at radius 2 is 1.70 bits per heavy atom. The van der Waals surface area contributed by atoms with Gasteiger partial charge in [0.1, 0.15) is 17.2 Å². The molecule has 0 atom stereocenters. The molecule has 3 rings (SSSR count). The van der Waals surface area contributed by atoms with Gasteiger partial charge in [-0.1, -0.05) is 12.1 Å². The maximum atomic E-state index is 12.0. The lowest BCUT2D eigenvalue weighted by atomic mass is 10.2. The van der Waals surface area contributed by atoms with E-state index in [1.807, 2.05) is 35.0 Å². The highest BCUT2D eigenvalue weighted by molar-refractivity contribution is 5.77. The first-order valence-electron chi connectivity index (χ1n) is 8.38. The number of aromatic nitrogens is 2. The molecule has 2 aromatic carbocycles. The number of ether oxygens (including phenoxy) is 3. The van der Waals surface area contributed by atoms with Gasteiger partial charge in [0.2, 0.25) is 0 Å². The lowest BCUT2D eigenvalue weighted by molar-refractivity contribution is -0.123. The number of imidazole rings is 1. The number of hydrogen-bond donors (Lipinski definition) is 1. The Labute approximate surface area is 157 Å². The second-order valence-electron chi connectivity index (χ2n) is 5.75. The lowest BCUT2D eigenvalue weighted by Gasteiger charge is -2.11. The van der Waals surface area contributed by atoms with E-state index in [9.17, 15) is 4.79 Å². The molecule has 1 heterocycles. The van der Waals surface area contributed by atoms with Crippen molar-refractivity contribution in [3.8, 4) is 22.9 Å². The molecule has 27 heavy (non-hydrogen) atoms. The van der Waals surface area contributed by atoms with Crippen molar-refractivity contribution in [2.24, 2.45) is 0 Å². The van der Waals surface area contributed by atoms with Crippen LogP contribution in [0.3, 0.4) is 0 Å². The summed E-state index contributed by atoms with van der Waals surface area (Å²) in [7, 11) is 3.12. The molecule has 0 unspecified atom stereocenters. The summed E-state index contributed by atoms with van der Waals surface area (Å²) < 4.78 is 17.8. The maximum Gasteiger partial charge on any atom is 0.258 e. The van der Waals surface area contributed by atoms with E-state index < -0.39 is 0 Å². The summed E-state index contributed by atoms with van der Waals surface area (Å²) in [6, 6.07) is 13.0. The molecule has 3 aromatic rings. The van der Waals surface area contributed by atoms with Gasteiger partial charge in [-0.05, 0) is 17.7 Å². The van der Waals surface area contributed by atoms with Gasteiger partial charge in [0.05, 0.1) is 20.5 Å². The third-order valence-corrected chi connectivity index (χ3v) is 3.92. The summed E-state index contributed by atoms with van der Waals surface area (Å²) in [5, 5.41) is 2.84. The zero-order chi connectivity index (χ0) is 19.1. The topological polar surface area (TPSA) is 74.6 Å². The molecule has 0 aliphatic rings. The van der Waals surface area contributed by atoms with Crippen molar-refractivity contribution in [2.45, 2.75) is 6.54 Å². The number of hydrogen-bond acceptors (Lipinski definition) is 5. The fourth-order valence-corrected chi connectivity index (χ4v) is 2.46. The third-order valence-electron chi connectivity index (χ3n) is 3.92. The normalized spacial score (nSPS) is 10.3. The summed E-state index contributed by atoms with van der Waals surface area (Å²) in [6.07, 6.45) is 5.34. The molecule has 0 radical (unpaired) electrons.